The van der Waals surface area contributed by atoms with Crippen molar-refractivity contribution in [3.8, 4) is 0 Å². The number of anilines is 2. The molecule has 0 saturated carbocycles. The maximum absolute atomic E-state index is 13.6. The predicted octanol–water partition coefficient (Wildman–Crippen LogP) is 6.30. The standard InChI is InChI=1S/C31H34ClN3O2/c32-29(25-11-5-2-6-12-25)30(36)33-26-13-14-28(27(22-26)31(37)35-17-7-8-18-35)34-19-15-24(16-20-34)21-23-9-3-1-4-10-23/h1-6,9-14,22,24,29H,7-8,15-21H2,(H,33,36)/t29-/m0/s1. The Morgan fingerprint density at radius 1 is 0.865 bits per heavy atom. The Hall–Kier alpha value is -3.31. The number of carbonyl (C=O) groups excluding carboxylic acids is 2. The van der Waals surface area contributed by atoms with E-state index in [2.05, 4.69) is 40.5 Å². The number of hydrogen-bond donors (Lipinski definition) is 1. The van der Waals surface area contributed by atoms with Crippen LogP contribution in [0.3, 0.4) is 0 Å². The molecular formula is C31H34ClN3O2. The van der Waals surface area contributed by atoms with E-state index in [1.54, 1.807) is 0 Å². The van der Waals surface area contributed by atoms with E-state index in [0.717, 1.165) is 69.5 Å². The van der Waals surface area contributed by atoms with Gasteiger partial charge in [0.2, 0.25) is 5.91 Å². The van der Waals surface area contributed by atoms with Gasteiger partial charge in [0.25, 0.3) is 5.91 Å². The molecule has 2 saturated heterocycles. The van der Waals surface area contributed by atoms with E-state index in [-0.39, 0.29) is 11.8 Å². The van der Waals surface area contributed by atoms with Crippen LogP contribution in [-0.4, -0.2) is 42.9 Å². The summed E-state index contributed by atoms with van der Waals surface area (Å²) in [5.74, 6) is 0.385. The van der Waals surface area contributed by atoms with Crippen molar-refractivity contribution in [1.82, 2.24) is 4.90 Å². The maximum atomic E-state index is 13.6. The fourth-order valence-corrected chi connectivity index (χ4v) is 5.66. The third kappa shape index (κ3) is 6.16. The summed E-state index contributed by atoms with van der Waals surface area (Å²) in [5, 5.41) is 2.13. The molecule has 3 aromatic carbocycles. The van der Waals surface area contributed by atoms with Crippen molar-refractivity contribution in [2.75, 3.05) is 36.4 Å². The number of carbonyl (C=O) groups is 2. The van der Waals surface area contributed by atoms with Crippen LogP contribution in [0, 0.1) is 5.92 Å². The normalized spacial score (nSPS) is 17.0. The highest BCUT2D eigenvalue weighted by molar-refractivity contribution is 6.32. The molecule has 0 aliphatic carbocycles. The molecule has 37 heavy (non-hydrogen) atoms. The second-order valence-electron chi connectivity index (χ2n) is 10.1. The van der Waals surface area contributed by atoms with Crippen LogP contribution in [-0.2, 0) is 11.2 Å². The van der Waals surface area contributed by atoms with Gasteiger partial charge in [-0.3, -0.25) is 9.59 Å². The lowest BCUT2D eigenvalue weighted by molar-refractivity contribution is -0.116. The Morgan fingerprint density at radius 2 is 1.51 bits per heavy atom. The van der Waals surface area contributed by atoms with Crippen molar-refractivity contribution in [3.63, 3.8) is 0 Å². The second-order valence-corrected chi connectivity index (χ2v) is 10.6. The van der Waals surface area contributed by atoms with Gasteiger partial charge in [0, 0.05) is 37.6 Å². The smallest absolute Gasteiger partial charge is 0.256 e. The van der Waals surface area contributed by atoms with Crippen LogP contribution < -0.4 is 10.2 Å². The molecule has 2 fully saturated rings. The molecular weight excluding hydrogens is 482 g/mol. The Kier molecular flexibility index (Phi) is 8.10. The highest BCUT2D eigenvalue weighted by Gasteiger charge is 2.27. The zero-order valence-electron chi connectivity index (χ0n) is 21.1. The second kappa shape index (κ2) is 11.8. The van der Waals surface area contributed by atoms with Gasteiger partial charge in [-0.05, 0) is 67.3 Å². The van der Waals surface area contributed by atoms with Gasteiger partial charge >= 0.3 is 0 Å². The summed E-state index contributed by atoms with van der Waals surface area (Å²) in [6.45, 7) is 3.40. The third-order valence-electron chi connectivity index (χ3n) is 7.53. The van der Waals surface area contributed by atoms with Crippen LogP contribution >= 0.6 is 11.6 Å². The first-order valence-electron chi connectivity index (χ1n) is 13.3. The van der Waals surface area contributed by atoms with E-state index in [1.165, 1.54) is 5.56 Å². The molecule has 2 aliphatic rings. The fourth-order valence-electron chi connectivity index (χ4n) is 5.46. The van der Waals surface area contributed by atoms with E-state index in [4.69, 9.17) is 11.6 Å². The van der Waals surface area contributed by atoms with Crippen LogP contribution in [0.15, 0.2) is 78.9 Å². The predicted molar refractivity (Wildman–Crippen MR) is 150 cm³/mol. The molecule has 1 atom stereocenters. The minimum Gasteiger partial charge on any atom is -0.371 e. The molecule has 0 aromatic heterocycles. The van der Waals surface area contributed by atoms with Crippen molar-refractivity contribution in [2.45, 2.75) is 37.5 Å². The van der Waals surface area contributed by atoms with E-state index < -0.39 is 5.38 Å². The van der Waals surface area contributed by atoms with Crippen molar-refractivity contribution < 1.29 is 9.59 Å². The van der Waals surface area contributed by atoms with Gasteiger partial charge in [-0.25, -0.2) is 0 Å². The molecule has 1 N–H and O–H groups in total. The molecule has 2 amide bonds. The molecule has 2 aliphatic heterocycles. The SMILES string of the molecule is O=C(Nc1ccc(N2CCC(Cc3ccccc3)CC2)c(C(=O)N2CCCC2)c1)[C@@H](Cl)c1ccccc1. The minimum atomic E-state index is -0.803. The lowest BCUT2D eigenvalue weighted by Gasteiger charge is -2.35. The van der Waals surface area contributed by atoms with Gasteiger partial charge in [0.15, 0.2) is 0 Å². The summed E-state index contributed by atoms with van der Waals surface area (Å²) in [7, 11) is 0. The highest BCUT2D eigenvalue weighted by Crippen LogP contribution is 2.32. The monoisotopic (exact) mass is 515 g/mol. The molecule has 5 nitrogen and oxygen atoms in total. The van der Waals surface area contributed by atoms with Crippen LogP contribution in [0.2, 0.25) is 0 Å². The quantitative estimate of drug-likeness (QED) is 0.376. The summed E-state index contributed by atoms with van der Waals surface area (Å²) in [6.07, 6.45) is 5.35. The van der Waals surface area contributed by atoms with E-state index >= 15 is 0 Å². The van der Waals surface area contributed by atoms with Gasteiger partial charge in [-0.1, -0.05) is 60.7 Å². The first-order chi connectivity index (χ1) is 18.1. The Balaban J connectivity index is 1.32. The Morgan fingerprint density at radius 3 is 2.19 bits per heavy atom. The lowest BCUT2D eigenvalue weighted by Crippen LogP contribution is -2.36. The molecule has 0 bridgehead atoms. The number of piperidine rings is 1. The number of nitrogens with one attached hydrogen (secondary N) is 1. The van der Waals surface area contributed by atoms with Crippen LogP contribution in [0.5, 0.6) is 0 Å². The topological polar surface area (TPSA) is 52.7 Å². The molecule has 0 spiro atoms. The molecule has 6 heteroatoms. The van der Waals surface area contributed by atoms with E-state index in [9.17, 15) is 9.59 Å². The maximum Gasteiger partial charge on any atom is 0.256 e. The molecule has 3 aromatic rings. The molecule has 5 rings (SSSR count). The van der Waals surface area contributed by atoms with E-state index in [0.29, 0.717) is 17.2 Å². The largest absolute Gasteiger partial charge is 0.371 e. The number of nitrogens with zero attached hydrogens (tertiary/aromatic N) is 2. The summed E-state index contributed by atoms with van der Waals surface area (Å²) in [6, 6.07) is 25.7. The first-order valence-corrected chi connectivity index (χ1v) is 13.7. The number of likely N-dealkylation sites (tertiary alicyclic amines) is 1. The van der Waals surface area contributed by atoms with Crippen LogP contribution in [0.25, 0.3) is 0 Å². The van der Waals surface area contributed by atoms with Crippen molar-refractivity contribution in [1.29, 1.82) is 0 Å². The summed E-state index contributed by atoms with van der Waals surface area (Å²) in [4.78, 5) is 30.7. The summed E-state index contributed by atoms with van der Waals surface area (Å²) >= 11 is 6.44. The van der Waals surface area contributed by atoms with Crippen molar-refractivity contribution >= 4 is 34.8 Å². The van der Waals surface area contributed by atoms with Gasteiger partial charge < -0.3 is 15.1 Å². The number of benzene rings is 3. The van der Waals surface area contributed by atoms with Gasteiger partial charge in [-0.2, -0.15) is 0 Å². The van der Waals surface area contributed by atoms with Crippen LogP contribution in [0.1, 0.15) is 52.5 Å². The first kappa shape index (κ1) is 25.3. The Labute approximate surface area is 224 Å². The number of alkyl halides is 1. The lowest BCUT2D eigenvalue weighted by atomic mass is 9.89. The number of amides is 2. The average Bonchev–Trinajstić information content (AvgIpc) is 3.49. The van der Waals surface area contributed by atoms with Crippen molar-refractivity contribution in [2.24, 2.45) is 5.92 Å². The average molecular weight is 516 g/mol. The summed E-state index contributed by atoms with van der Waals surface area (Å²) in [5.41, 5.74) is 4.34. The zero-order valence-corrected chi connectivity index (χ0v) is 21.9. The molecule has 192 valence electrons. The van der Waals surface area contributed by atoms with Crippen molar-refractivity contribution in [3.05, 3.63) is 95.6 Å². The molecule has 0 unspecified atom stereocenters. The Bertz CT molecular complexity index is 1200. The van der Waals surface area contributed by atoms with Gasteiger partial charge in [-0.15, -0.1) is 11.6 Å². The van der Waals surface area contributed by atoms with Gasteiger partial charge in [0.05, 0.1) is 5.56 Å². The zero-order chi connectivity index (χ0) is 25.6. The van der Waals surface area contributed by atoms with Crippen LogP contribution in [0.4, 0.5) is 11.4 Å². The van der Waals surface area contributed by atoms with E-state index in [1.807, 2.05) is 53.4 Å². The number of rotatable bonds is 7. The van der Waals surface area contributed by atoms with Gasteiger partial charge in [0.1, 0.15) is 5.38 Å². The fraction of sp³-hybridized carbons (Fsp3) is 0.355. The molecule has 0 radical (unpaired) electrons. The molecule has 2 heterocycles. The highest BCUT2D eigenvalue weighted by atomic mass is 35.5. The summed E-state index contributed by atoms with van der Waals surface area (Å²) < 4.78 is 0. The minimum absolute atomic E-state index is 0.0421. The number of halogens is 1. The third-order valence-corrected chi connectivity index (χ3v) is 7.98. The number of hydrogen-bond acceptors (Lipinski definition) is 3.